The summed E-state index contributed by atoms with van der Waals surface area (Å²) in [6.45, 7) is 0. The van der Waals surface area contributed by atoms with Gasteiger partial charge in [0.15, 0.2) is 0 Å². The molecule has 0 amide bonds. The molecule has 0 aromatic heterocycles. The topological polar surface area (TPSA) is 0 Å². The molecule has 0 bridgehead atoms. The average molecular weight is 251 g/mol. The van der Waals surface area contributed by atoms with Gasteiger partial charge >= 0.3 is 17.1 Å². The molecule has 0 aliphatic carbocycles. The molecule has 0 radical (unpaired) electrons. The van der Waals surface area contributed by atoms with Gasteiger partial charge in [-0.2, -0.15) is 67.5 Å². The molecule has 0 unspecified atom stereocenters. The zero-order chi connectivity index (χ0) is 0. The first-order valence-electron chi connectivity index (χ1n) is 0. The summed E-state index contributed by atoms with van der Waals surface area (Å²) in [5.41, 5.74) is 0. The van der Waals surface area contributed by atoms with E-state index >= 15 is 0 Å². The summed E-state index contributed by atoms with van der Waals surface area (Å²) in [5.74, 6) is 0. The van der Waals surface area contributed by atoms with Gasteiger partial charge in [-0.05, 0) is 0 Å². The second-order valence-corrected chi connectivity index (χ2v) is 0. The van der Waals surface area contributed by atoms with Crippen LogP contribution < -0.4 is 0 Å². The van der Waals surface area contributed by atoms with E-state index in [0.717, 1.165) is 0 Å². The van der Waals surface area contributed by atoms with Crippen LogP contribution in [0.15, 0.2) is 0 Å². The third-order valence-electron chi connectivity index (χ3n) is 0. The van der Waals surface area contributed by atoms with E-state index in [0.29, 0.717) is 0 Å². The average Bonchev–Trinajstić information content (AvgIpc) is 0. The van der Waals surface area contributed by atoms with Crippen molar-refractivity contribution in [2.45, 2.75) is 0 Å². The van der Waals surface area contributed by atoms with Crippen molar-refractivity contribution in [3.05, 3.63) is 0 Å². The Morgan fingerprint density at radius 1 is 0.333 bits per heavy atom. The molecule has 0 spiro atoms. The van der Waals surface area contributed by atoms with E-state index in [1.165, 1.54) is 0 Å². The Morgan fingerprint density at radius 2 is 0.333 bits per heavy atom. The second kappa shape index (κ2) is 55.5. The fourth-order valence-corrected chi connectivity index (χ4v) is 0. The van der Waals surface area contributed by atoms with Crippen LogP contribution in [-0.4, -0.2) is 17.1 Å². The van der Waals surface area contributed by atoms with E-state index in [-0.39, 0.29) is 84.5 Å². The Morgan fingerprint density at radius 3 is 0.333 bits per heavy atom. The first kappa shape index (κ1) is 84.8. The van der Waals surface area contributed by atoms with Crippen molar-refractivity contribution in [2.24, 2.45) is 0 Å². The molecule has 0 aromatic carbocycles. The number of hydrogen-bond acceptors (Lipinski definition) is 0. The van der Waals surface area contributed by atoms with Crippen LogP contribution in [0, 0.1) is 0 Å². The molecule has 0 fully saturated rings. The van der Waals surface area contributed by atoms with Gasteiger partial charge in [0.1, 0.15) is 0 Å². The molecule has 0 saturated carbocycles. The molecule has 0 aliphatic heterocycles. The van der Waals surface area contributed by atoms with Crippen molar-refractivity contribution < 1.29 is 0 Å². The third-order valence-corrected chi connectivity index (χ3v) is 0. The number of hydrogen-bond donors (Lipinski definition) is 0. The van der Waals surface area contributed by atoms with E-state index in [9.17, 15) is 0 Å². The van der Waals surface area contributed by atoms with E-state index < -0.39 is 0 Å². The first-order valence-corrected chi connectivity index (χ1v) is 0. The summed E-state index contributed by atoms with van der Waals surface area (Å²) in [7, 11) is 0. The fraction of sp³-hybridized carbons (Fsp3) is 0. The van der Waals surface area contributed by atoms with Gasteiger partial charge in [0.05, 0.1) is 0 Å². The van der Waals surface area contributed by atoms with Crippen LogP contribution in [0.1, 0.15) is 0 Å². The predicted octanol–water partition coefficient (Wildman–Crippen LogP) is -0.352. The minimum atomic E-state index is 0. The Kier molecular flexibility index (Phi) is 785. The van der Waals surface area contributed by atoms with Crippen molar-refractivity contribution in [1.29, 1.82) is 0 Å². The van der Waals surface area contributed by atoms with Gasteiger partial charge in [-0.15, -0.1) is 0 Å². The molecular weight excluding hydrogens is 239 g/mol. The number of rotatable bonds is 0. The van der Waals surface area contributed by atoms with E-state index in [2.05, 4.69) is 0 Å². The van der Waals surface area contributed by atoms with Crippen LogP contribution in [0.5, 0.6) is 0 Å². The third kappa shape index (κ3) is 33.8. The predicted molar refractivity (Wildman–Crippen MR) is 60.4 cm³/mol. The summed E-state index contributed by atoms with van der Waals surface area (Å²) in [4.78, 5) is 0. The first-order chi connectivity index (χ1) is 0. The molecule has 0 nitrogen and oxygen atoms in total. The van der Waals surface area contributed by atoms with E-state index in [1.807, 2.05) is 0 Å². The molecule has 0 N–H and O–H groups in total. The molecule has 0 aliphatic rings. The summed E-state index contributed by atoms with van der Waals surface area (Å²) < 4.78 is 0. The molecule has 6 heteroatoms. The minimum absolute atomic E-state index is 0. The molecule has 0 saturated heterocycles. The van der Waals surface area contributed by atoms with Gasteiger partial charge in [-0.1, -0.05) is 0 Å². The van der Waals surface area contributed by atoms with Gasteiger partial charge in [-0.3, -0.25) is 0 Å². The fourth-order valence-electron chi connectivity index (χ4n) is 0. The quantitative estimate of drug-likeness (QED) is 0.516. The van der Waals surface area contributed by atoms with Gasteiger partial charge in [0.2, 0.25) is 0 Å². The van der Waals surface area contributed by atoms with Crippen LogP contribution in [0.25, 0.3) is 0 Å². The van der Waals surface area contributed by atoms with E-state index in [1.54, 1.807) is 0 Å². The Bertz CT molecular complexity index is 3.90. The SMILES string of the molecule is S.S.S.S.S.[SeH2]. The standard InChI is InChI=1S/5H2S.H2Se/h6*1H2. The normalized spacial score (nSPS) is 0. The summed E-state index contributed by atoms with van der Waals surface area (Å²) in [6, 6.07) is 0. The zero-order valence-corrected chi connectivity index (χ0v) is 10.1. The van der Waals surface area contributed by atoms with Crippen LogP contribution >= 0.6 is 67.5 Å². The van der Waals surface area contributed by atoms with Gasteiger partial charge < -0.3 is 0 Å². The van der Waals surface area contributed by atoms with Gasteiger partial charge in [0.25, 0.3) is 0 Å². The summed E-state index contributed by atoms with van der Waals surface area (Å²) in [6.07, 6.45) is 0. The Hall–Kier alpha value is 2.27. The molecule has 0 aromatic rings. The molecule has 0 heterocycles. The summed E-state index contributed by atoms with van der Waals surface area (Å²) >= 11 is 0. The second-order valence-electron chi connectivity index (χ2n) is 0. The van der Waals surface area contributed by atoms with Gasteiger partial charge in [0, 0.05) is 0 Å². The van der Waals surface area contributed by atoms with Crippen molar-refractivity contribution in [3.8, 4) is 0 Å². The monoisotopic (exact) mass is 252 g/mol. The molecule has 48 valence electrons. The van der Waals surface area contributed by atoms with Crippen LogP contribution in [0.4, 0.5) is 0 Å². The summed E-state index contributed by atoms with van der Waals surface area (Å²) in [5, 5.41) is 0. The maximum atomic E-state index is 0. The Balaban J connectivity index is 0. The molecule has 0 rings (SSSR count). The van der Waals surface area contributed by atoms with Crippen LogP contribution in [0.2, 0.25) is 0 Å². The van der Waals surface area contributed by atoms with Gasteiger partial charge in [-0.25, -0.2) is 0 Å². The van der Waals surface area contributed by atoms with Crippen molar-refractivity contribution in [1.82, 2.24) is 0 Å². The van der Waals surface area contributed by atoms with Crippen LogP contribution in [-0.2, 0) is 0 Å². The van der Waals surface area contributed by atoms with Crippen molar-refractivity contribution in [2.75, 3.05) is 0 Å². The molecule has 6 heavy (non-hydrogen) atoms. The van der Waals surface area contributed by atoms with Crippen LogP contribution in [0.3, 0.4) is 0 Å². The maximum absolute atomic E-state index is 0. The molecular formula is H12S5Se. The van der Waals surface area contributed by atoms with Crippen molar-refractivity contribution in [3.63, 3.8) is 0 Å². The Labute approximate surface area is 83.9 Å². The molecule has 0 atom stereocenters. The zero-order valence-electron chi connectivity index (χ0n) is 3.00. The van der Waals surface area contributed by atoms with Crippen molar-refractivity contribution >= 4 is 84.5 Å². The van der Waals surface area contributed by atoms with E-state index in [4.69, 9.17) is 0 Å².